The van der Waals surface area contributed by atoms with Gasteiger partial charge in [0.15, 0.2) is 5.79 Å². The fourth-order valence-electron chi connectivity index (χ4n) is 13.2. The number of hydrogen-bond donors (Lipinski definition) is 0. The number of anilines is 2. The Morgan fingerprint density at radius 2 is 1.11 bits per heavy atom. The van der Waals surface area contributed by atoms with Crippen LogP contribution in [0.1, 0.15) is 175 Å². The third-order valence-electron chi connectivity index (χ3n) is 19.5. The van der Waals surface area contributed by atoms with Crippen molar-refractivity contribution in [2.75, 3.05) is 91.2 Å². The molecular formula is C81H109NO15. The molecule has 2 saturated carbocycles. The predicted octanol–water partition coefficient (Wildman–Crippen LogP) is 18.3. The lowest BCUT2D eigenvalue weighted by Gasteiger charge is -2.40. The van der Waals surface area contributed by atoms with Gasteiger partial charge in [0.25, 0.3) is 0 Å². The van der Waals surface area contributed by atoms with E-state index in [1.54, 1.807) is 26.2 Å². The van der Waals surface area contributed by atoms with Crippen LogP contribution in [0.2, 0.25) is 0 Å². The van der Waals surface area contributed by atoms with Crippen LogP contribution in [0.4, 0.5) is 11.4 Å². The number of ether oxygens (including phenoxy) is 12. The number of carbonyl (C=O) groups is 3. The highest BCUT2D eigenvalue weighted by Gasteiger charge is 2.37. The second-order valence-corrected chi connectivity index (χ2v) is 27.0. The largest absolute Gasteiger partial charge is 0.498 e. The van der Waals surface area contributed by atoms with Crippen LogP contribution in [-0.4, -0.2) is 110 Å². The highest BCUT2D eigenvalue weighted by atomic mass is 16.7. The molecule has 1 aliphatic heterocycles. The minimum atomic E-state index is -0.345. The molecule has 0 amide bonds. The lowest BCUT2D eigenvalue weighted by Crippen LogP contribution is -2.45. The van der Waals surface area contributed by atoms with Crippen molar-refractivity contribution >= 4 is 50.8 Å². The molecule has 528 valence electrons. The molecule has 3 fully saturated rings. The second-order valence-electron chi connectivity index (χ2n) is 27.0. The molecule has 2 atom stereocenters. The van der Waals surface area contributed by atoms with Crippen molar-refractivity contribution in [1.82, 2.24) is 0 Å². The van der Waals surface area contributed by atoms with Crippen LogP contribution in [-0.2, 0) is 47.5 Å². The van der Waals surface area contributed by atoms with Crippen LogP contribution < -0.4 is 28.6 Å². The van der Waals surface area contributed by atoms with Gasteiger partial charge in [-0.25, -0.2) is 4.79 Å². The van der Waals surface area contributed by atoms with Gasteiger partial charge in [-0.15, -0.1) is 0 Å². The van der Waals surface area contributed by atoms with Crippen molar-refractivity contribution in [3.63, 3.8) is 0 Å². The van der Waals surface area contributed by atoms with Gasteiger partial charge >= 0.3 is 17.9 Å². The average Bonchev–Trinajstić information content (AvgIpc) is 0.759. The number of allylic oxidation sites excluding steroid dienone is 4. The Balaban J connectivity index is 0.791. The highest BCUT2D eigenvalue weighted by Crippen LogP contribution is 2.42. The van der Waals surface area contributed by atoms with Crippen LogP contribution in [0.15, 0.2) is 127 Å². The zero-order valence-corrected chi connectivity index (χ0v) is 58.7. The number of unbranched alkanes of at least 4 members (excludes halogenated alkanes) is 9. The van der Waals surface area contributed by atoms with Gasteiger partial charge in [-0.3, -0.25) is 9.59 Å². The van der Waals surface area contributed by atoms with Crippen molar-refractivity contribution in [2.24, 2.45) is 29.6 Å². The summed E-state index contributed by atoms with van der Waals surface area (Å²) in [6.45, 7) is 18.7. The maximum atomic E-state index is 13.6. The third kappa shape index (κ3) is 23.3. The molecule has 0 bridgehead atoms. The van der Waals surface area contributed by atoms with Gasteiger partial charge in [-0.2, -0.15) is 0 Å². The molecule has 0 radical (unpaired) electrons. The Morgan fingerprint density at radius 3 is 1.70 bits per heavy atom. The van der Waals surface area contributed by atoms with Crippen LogP contribution in [0, 0.1) is 29.6 Å². The number of rotatable bonds is 43. The monoisotopic (exact) mass is 1340 g/mol. The number of fused-ring (bicyclic) bond motifs is 3. The number of carbonyl (C=O) groups excluding carboxylic acids is 3. The fourth-order valence-corrected chi connectivity index (χ4v) is 13.2. The minimum Gasteiger partial charge on any atom is -0.498 e. The van der Waals surface area contributed by atoms with Gasteiger partial charge in [0.05, 0.1) is 90.3 Å². The number of nitrogens with zero attached hydrogens (tertiary/aromatic N) is 1. The molecule has 0 aromatic heterocycles. The fraction of sp³-hybridized carbons (Fsp3) is 0.568. The molecule has 5 aromatic carbocycles. The molecule has 4 aliphatic rings. The normalized spacial score (nSPS) is 20.0. The molecule has 9 rings (SSSR count). The third-order valence-corrected chi connectivity index (χ3v) is 19.5. The van der Waals surface area contributed by atoms with Crippen LogP contribution in [0.5, 0.6) is 28.7 Å². The molecule has 5 aromatic rings. The van der Waals surface area contributed by atoms with Crippen molar-refractivity contribution in [2.45, 2.75) is 181 Å². The molecule has 1 heterocycles. The second kappa shape index (κ2) is 39.5. The van der Waals surface area contributed by atoms with Gasteiger partial charge in [-0.1, -0.05) is 59.1 Å². The lowest BCUT2D eigenvalue weighted by molar-refractivity contribution is -0.308. The molecule has 97 heavy (non-hydrogen) atoms. The molecule has 0 spiro atoms. The average molecular weight is 1340 g/mol. The maximum Gasteiger partial charge on any atom is 0.333 e. The molecule has 2 unspecified atom stereocenters. The zero-order chi connectivity index (χ0) is 68.0. The Hall–Kier alpha value is -7.11. The van der Waals surface area contributed by atoms with E-state index in [4.69, 9.17) is 56.8 Å². The van der Waals surface area contributed by atoms with Gasteiger partial charge in [0, 0.05) is 54.7 Å². The lowest BCUT2D eigenvalue weighted by atomic mass is 9.82. The maximum absolute atomic E-state index is 13.6. The quantitative estimate of drug-likeness (QED) is 0.0119. The molecule has 1 saturated heterocycles. The Bertz CT molecular complexity index is 3300. The Morgan fingerprint density at radius 1 is 0.557 bits per heavy atom. The van der Waals surface area contributed by atoms with E-state index in [1.165, 1.54) is 12.8 Å². The van der Waals surface area contributed by atoms with E-state index in [2.05, 4.69) is 99.0 Å². The molecule has 3 aliphatic carbocycles. The van der Waals surface area contributed by atoms with Crippen molar-refractivity contribution < 1.29 is 71.2 Å². The summed E-state index contributed by atoms with van der Waals surface area (Å²) in [5.41, 5.74) is 2.43. The Kier molecular flexibility index (Phi) is 30.2. The van der Waals surface area contributed by atoms with E-state index < -0.39 is 0 Å². The van der Waals surface area contributed by atoms with E-state index in [9.17, 15) is 14.4 Å². The van der Waals surface area contributed by atoms with Crippen LogP contribution in [0.25, 0.3) is 21.5 Å². The van der Waals surface area contributed by atoms with Gasteiger partial charge in [0.2, 0.25) is 0 Å². The van der Waals surface area contributed by atoms with Crippen LogP contribution >= 0.6 is 0 Å². The minimum absolute atomic E-state index is 0.0618. The number of benzene rings is 5. The summed E-state index contributed by atoms with van der Waals surface area (Å²) in [4.78, 5) is 40.9. The molecule has 0 N–H and O–H groups in total. The SMILES string of the molecule is C=C(C)C(=O)OCCCCCCOc1ccc(OC(=O)C2CCC(COc3ccc4c(c3)cc(N(CCOCCOC)c3ccc(OCCCCCC)cc3)c3cc(OCC5CCC(C(=O)OC6=CC=C(OCCCCCCOC7(CC)CCO7)CC6C)CC5)ccc34)CC2)cc1. The zero-order valence-electron chi connectivity index (χ0n) is 58.7. The first kappa shape index (κ1) is 74.1. The summed E-state index contributed by atoms with van der Waals surface area (Å²) in [5.74, 6) is 4.66. The van der Waals surface area contributed by atoms with E-state index >= 15 is 0 Å². The van der Waals surface area contributed by atoms with Gasteiger partial charge < -0.3 is 61.7 Å². The first-order valence-electron chi connectivity index (χ1n) is 36.5. The first-order chi connectivity index (χ1) is 47.4. The topological polar surface area (TPSA) is 165 Å². The summed E-state index contributed by atoms with van der Waals surface area (Å²) >= 11 is 0. The number of esters is 3. The van der Waals surface area contributed by atoms with E-state index in [-0.39, 0.29) is 41.4 Å². The number of methoxy groups -OCH3 is 1. The smallest absolute Gasteiger partial charge is 0.333 e. The standard InChI is InChI=1S/C81H109NO15/c1-7-9-10-15-44-88-67-30-28-66(29-31-67)82(43-50-87-52-51-86-6)76-55-65-54-71(92-57-61-20-24-63(25-21-61)79(84)96-69-34-32-68(33-35-69)89-45-16-11-12-18-47-91-78(83)59(3)4)36-39-73(65)74-40-37-72(56-75(74)76)93-58-62-22-26-64(27-23-62)80(85)97-77-41-38-70(53-60(77)5)90-46-17-13-14-19-48-94-81(8-2)42-49-95-81/h28-41,54-56,60-64H,3,7-27,42-53,57-58H2,1-2,4-6H3. The van der Waals surface area contributed by atoms with E-state index in [0.717, 1.165) is 215 Å². The highest BCUT2D eigenvalue weighted by molar-refractivity contribution is 6.14. The molecule has 16 heteroatoms. The van der Waals surface area contributed by atoms with E-state index in [1.807, 2.05) is 24.3 Å². The Labute approximate surface area is 576 Å². The summed E-state index contributed by atoms with van der Waals surface area (Å²) in [6.07, 6.45) is 25.4. The van der Waals surface area contributed by atoms with Gasteiger partial charge in [-0.05, 0) is 241 Å². The molecular weight excluding hydrogens is 1230 g/mol. The van der Waals surface area contributed by atoms with Crippen molar-refractivity contribution in [1.29, 1.82) is 0 Å². The summed E-state index contributed by atoms with van der Waals surface area (Å²) in [5, 5.41) is 4.28. The summed E-state index contributed by atoms with van der Waals surface area (Å²) < 4.78 is 72.0. The van der Waals surface area contributed by atoms with Crippen molar-refractivity contribution in [3.05, 3.63) is 127 Å². The van der Waals surface area contributed by atoms with Crippen LogP contribution in [0.3, 0.4) is 0 Å². The van der Waals surface area contributed by atoms with Crippen molar-refractivity contribution in [3.8, 4) is 28.7 Å². The first-order valence-corrected chi connectivity index (χ1v) is 36.5. The molecule has 16 nitrogen and oxygen atoms in total. The summed E-state index contributed by atoms with van der Waals surface area (Å²) in [7, 11) is 1.69. The summed E-state index contributed by atoms with van der Waals surface area (Å²) in [6, 6.07) is 30.7. The number of hydrogen-bond acceptors (Lipinski definition) is 16. The predicted molar refractivity (Wildman–Crippen MR) is 381 cm³/mol. The van der Waals surface area contributed by atoms with E-state index in [0.29, 0.717) is 89.2 Å². The van der Waals surface area contributed by atoms with Gasteiger partial charge in [0.1, 0.15) is 34.5 Å².